The molecule has 0 bridgehead atoms. The Hall–Kier alpha value is -1.76. The van der Waals surface area contributed by atoms with Crippen molar-refractivity contribution in [1.29, 1.82) is 0 Å². The average Bonchev–Trinajstić information content (AvgIpc) is 3.22. The standard InChI is InChI=1S/C29H46O/c1-6-7-8-13-25(2)14-9-15-26(3)16-10-17-27(4)18-11-19-28(5)20-12-21-29-22-23-30-24-29/h14,16,18,20,22-24H,6-13,15,17,19,21H2,1-5H3. The third-order valence-corrected chi connectivity index (χ3v) is 5.78. The Labute approximate surface area is 187 Å². The molecular formula is C29H46O. The van der Waals surface area contributed by atoms with Crippen LogP contribution in [0.5, 0.6) is 0 Å². The van der Waals surface area contributed by atoms with Crippen LogP contribution in [0.1, 0.15) is 111 Å². The minimum atomic E-state index is 1.07. The first-order valence-corrected chi connectivity index (χ1v) is 12.1. The molecule has 1 nitrogen and oxygen atoms in total. The number of furan rings is 1. The molecule has 0 fully saturated rings. The van der Waals surface area contributed by atoms with Crippen molar-refractivity contribution in [3.8, 4) is 0 Å². The molecule has 1 aromatic rings. The van der Waals surface area contributed by atoms with Crippen molar-refractivity contribution >= 4 is 0 Å². The van der Waals surface area contributed by atoms with E-state index in [2.05, 4.69) is 65.0 Å². The van der Waals surface area contributed by atoms with E-state index < -0.39 is 0 Å². The van der Waals surface area contributed by atoms with Crippen LogP contribution < -0.4 is 0 Å². The van der Waals surface area contributed by atoms with Gasteiger partial charge >= 0.3 is 0 Å². The van der Waals surface area contributed by atoms with Gasteiger partial charge in [0.05, 0.1) is 12.5 Å². The van der Waals surface area contributed by atoms with Crippen molar-refractivity contribution in [3.63, 3.8) is 0 Å². The molecule has 0 N–H and O–H groups in total. The fraction of sp³-hybridized carbons (Fsp3) is 0.586. The third-order valence-electron chi connectivity index (χ3n) is 5.78. The highest BCUT2D eigenvalue weighted by molar-refractivity contribution is 5.09. The molecule has 0 amide bonds. The van der Waals surface area contributed by atoms with Crippen LogP contribution in [0.15, 0.2) is 69.6 Å². The van der Waals surface area contributed by atoms with Crippen molar-refractivity contribution < 1.29 is 4.42 Å². The zero-order valence-electron chi connectivity index (χ0n) is 20.4. The molecule has 0 aliphatic carbocycles. The van der Waals surface area contributed by atoms with E-state index in [0.717, 1.165) is 19.3 Å². The lowest BCUT2D eigenvalue weighted by Crippen LogP contribution is -1.84. The summed E-state index contributed by atoms with van der Waals surface area (Å²) in [4.78, 5) is 0. The number of allylic oxidation sites excluding steroid dienone is 8. The summed E-state index contributed by atoms with van der Waals surface area (Å²) < 4.78 is 5.12. The Balaban J connectivity index is 2.17. The molecule has 0 saturated heterocycles. The average molecular weight is 411 g/mol. The van der Waals surface area contributed by atoms with E-state index in [1.807, 2.05) is 6.26 Å². The van der Waals surface area contributed by atoms with Gasteiger partial charge in [0.2, 0.25) is 0 Å². The van der Waals surface area contributed by atoms with Crippen molar-refractivity contribution in [1.82, 2.24) is 0 Å². The van der Waals surface area contributed by atoms with Crippen molar-refractivity contribution in [2.75, 3.05) is 0 Å². The molecule has 0 atom stereocenters. The summed E-state index contributed by atoms with van der Waals surface area (Å²) in [6.07, 6.45) is 27.9. The van der Waals surface area contributed by atoms with Gasteiger partial charge in [-0.05, 0) is 104 Å². The zero-order valence-corrected chi connectivity index (χ0v) is 20.4. The van der Waals surface area contributed by atoms with Gasteiger partial charge in [-0.2, -0.15) is 0 Å². The molecular weight excluding hydrogens is 364 g/mol. The Bertz CT molecular complexity index is 667. The van der Waals surface area contributed by atoms with Gasteiger partial charge < -0.3 is 4.42 Å². The minimum Gasteiger partial charge on any atom is -0.472 e. The summed E-state index contributed by atoms with van der Waals surface area (Å²) >= 11 is 0. The highest BCUT2D eigenvalue weighted by Crippen LogP contribution is 2.15. The van der Waals surface area contributed by atoms with Gasteiger partial charge in [-0.1, -0.05) is 66.4 Å². The molecule has 168 valence electrons. The minimum absolute atomic E-state index is 1.07. The molecule has 30 heavy (non-hydrogen) atoms. The van der Waals surface area contributed by atoms with Gasteiger partial charge in [0.1, 0.15) is 0 Å². The molecule has 1 heterocycles. The van der Waals surface area contributed by atoms with E-state index in [9.17, 15) is 0 Å². The van der Waals surface area contributed by atoms with E-state index in [1.165, 1.54) is 80.1 Å². The lowest BCUT2D eigenvalue weighted by atomic mass is 10.0. The van der Waals surface area contributed by atoms with Crippen LogP contribution >= 0.6 is 0 Å². The Morgan fingerprint density at radius 2 is 1.20 bits per heavy atom. The molecule has 1 aromatic heterocycles. The van der Waals surface area contributed by atoms with Crippen LogP contribution in [0, 0.1) is 0 Å². The van der Waals surface area contributed by atoms with Crippen LogP contribution in [0.3, 0.4) is 0 Å². The molecule has 0 unspecified atom stereocenters. The second kappa shape index (κ2) is 17.0. The van der Waals surface area contributed by atoms with Gasteiger partial charge in [-0.15, -0.1) is 0 Å². The van der Waals surface area contributed by atoms with E-state index in [0.29, 0.717) is 0 Å². The summed E-state index contributed by atoms with van der Waals surface area (Å²) in [6, 6.07) is 2.05. The number of unbranched alkanes of at least 4 members (excludes halogenated alkanes) is 2. The molecule has 1 heteroatoms. The van der Waals surface area contributed by atoms with E-state index in [-0.39, 0.29) is 0 Å². The second-order valence-corrected chi connectivity index (χ2v) is 8.95. The van der Waals surface area contributed by atoms with Gasteiger partial charge in [0.25, 0.3) is 0 Å². The SMILES string of the molecule is CCCCCC(C)=CCCC(C)=CCCC(C)=CCCC(C)=CCCc1ccoc1. The number of hydrogen-bond acceptors (Lipinski definition) is 1. The maximum absolute atomic E-state index is 5.12. The maximum Gasteiger partial charge on any atom is 0.0934 e. The first kappa shape index (κ1) is 26.3. The molecule has 0 aliphatic rings. The Kier molecular flexibility index (Phi) is 14.9. The smallest absolute Gasteiger partial charge is 0.0934 e. The maximum atomic E-state index is 5.12. The summed E-state index contributed by atoms with van der Waals surface area (Å²) in [5.74, 6) is 0. The number of rotatable bonds is 16. The van der Waals surface area contributed by atoms with Gasteiger partial charge in [-0.3, -0.25) is 0 Å². The molecule has 0 spiro atoms. The van der Waals surface area contributed by atoms with Crippen molar-refractivity contribution in [3.05, 3.63) is 70.8 Å². The molecule has 1 rings (SSSR count). The summed E-state index contributed by atoms with van der Waals surface area (Å²) in [7, 11) is 0. The first-order chi connectivity index (χ1) is 14.5. The van der Waals surface area contributed by atoms with Crippen LogP contribution in [-0.2, 0) is 6.42 Å². The molecule has 0 radical (unpaired) electrons. The highest BCUT2D eigenvalue weighted by Gasteiger charge is 1.96. The van der Waals surface area contributed by atoms with Gasteiger partial charge in [0.15, 0.2) is 0 Å². The summed E-state index contributed by atoms with van der Waals surface area (Å²) in [5, 5.41) is 0. The van der Waals surface area contributed by atoms with Crippen molar-refractivity contribution in [2.45, 2.75) is 112 Å². The van der Waals surface area contributed by atoms with Crippen molar-refractivity contribution in [2.24, 2.45) is 0 Å². The molecule has 0 aliphatic heterocycles. The zero-order chi connectivity index (χ0) is 22.0. The number of hydrogen-bond donors (Lipinski definition) is 0. The lowest BCUT2D eigenvalue weighted by molar-refractivity contribution is 0.564. The molecule has 0 saturated carbocycles. The quantitative estimate of drug-likeness (QED) is 0.195. The fourth-order valence-corrected chi connectivity index (χ4v) is 3.62. The Morgan fingerprint density at radius 3 is 1.67 bits per heavy atom. The predicted octanol–water partition coefficient (Wildman–Crippen LogP) is 9.92. The summed E-state index contributed by atoms with van der Waals surface area (Å²) in [6.45, 7) is 11.4. The van der Waals surface area contributed by atoms with Gasteiger partial charge in [0, 0.05) is 0 Å². The van der Waals surface area contributed by atoms with Gasteiger partial charge in [-0.25, -0.2) is 0 Å². The van der Waals surface area contributed by atoms with E-state index in [4.69, 9.17) is 4.42 Å². The van der Waals surface area contributed by atoms with Crippen LogP contribution in [-0.4, -0.2) is 0 Å². The van der Waals surface area contributed by atoms with E-state index in [1.54, 1.807) is 11.8 Å². The van der Waals surface area contributed by atoms with Crippen LogP contribution in [0.4, 0.5) is 0 Å². The monoisotopic (exact) mass is 410 g/mol. The Morgan fingerprint density at radius 1 is 0.700 bits per heavy atom. The fourth-order valence-electron chi connectivity index (χ4n) is 3.62. The van der Waals surface area contributed by atoms with Crippen LogP contribution in [0.25, 0.3) is 0 Å². The molecule has 0 aromatic carbocycles. The normalized spacial score (nSPS) is 13.9. The summed E-state index contributed by atoms with van der Waals surface area (Å²) in [5.41, 5.74) is 7.42. The second-order valence-electron chi connectivity index (χ2n) is 8.95. The van der Waals surface area contributed by atoms with E-state index >= 15 is 0 Å². The first-order valence-electron chi connectivity index (χ1n) is 12.1. The lowest BCUT2D eigenvalue weighted by Gasteiger charge is -2.03. The third kappa shape index (κ3) is 14.3. The predicted molar refractivity (Wildman–Crippen MR) is 134 cm³/mol. The topological polar surface area (TPSA) is 13.1 Å². The number of aryl methyl sites for hydroxylation is 1. The highest BCUT2D eigenvalue weighted by atomic mass is 16.3. The van der Waals surface area contributed by atoms with Crippen LogP contribution in [0.2, 0.25) is 0 Å². The largest absolute Gasteiger partial charge is 0.472 e.